The van der Waals surface area contributed by atoms with Gasteiger partial charge in [0.25, 0.3) is 0 Å². The molecule has 1 aliphatic heterocycles. The number of fused-ring (bicyclic) bond motifs is 1. The van der Waals surface area contributed by atoms with Crippen molar-refractivity contribution in [3.8, 4) is 6.07 Å². The maximum atomic E-state index is 10.5. The van der Waals surface area contributed by atoms with Gasteiger partial charge in [-0.1, -0.05) is 40.0 Å². The van der Waals surface area contributed by atoms with Gasteiger partial charge in [0.05, 0.1) is 23.5 Å². The van der Waals surface area contributed by atoms with Gasteiger partial charge in [0.15, 0.2) is 0 Å². The third-order valence-electron chi connectivity index (χ3n) is 6.06. The third kappa shape index (κ3) is 5.49. The van der Waals surface area contributed by atoms with Crippen LogP contribution in [0.15, 0.2) is 24.4 Å². The molecule has 2 aromatic heterocycles. The molecular weight excluding hydrogens is 420 g/mol. The predicted octanol–water partition coefficient (Wildman–Crippen LogP) is 4.22. The molecule has 0 aliphatic carbocycles. The van der Waals surface area contributed by atoms with Crippen LogP contribution in [0.1, 0.15) is 65.0 Å². The first-order valence-electron chi connectivity index (χ1n) is 12.3. The van der Waals surface area contributed by atoms with Gasteiger partial charge in [-0.05, 0) is 37.5 Å². The standard InChI is InChI=1S/C25H38N4O4/c1-4-7-14-30-17-21-23(31-15-8-5-2)24(32-16-9-6-3)25(18-26,33-21)22-11-10-20-19(27)12-13-28-29(20)22/h10-13,21,23-24H,4-9,14-17,27H2,1-3H3/t21-,23-,24-,25+/m1/s1. The number of nitriles is 1. The van der Waals surface area contributed by atoms with E-state index >= 15 is 0 Å². The minimum atomic E-state index is -1.39. The van der Waals surface area contributed by atoms with E-state index < -0.39 is 23.9 Å². The minimum Gasteiger partial charge on any atom is -0.397 e. The highest BCUT2D eigenvalue weighted by molar-refractivity contribution is 5.69. The Labute approximate surface area is 196 Å². The van der Waals surface area contributed by atoms with Gasteiger partial charge >= 0.3 is 0 Å². The van der Waals surface area contributed by atoms with Crippen LogP contribution in [0.5, 0.6) is 0 Å². The van der Waals surface area contributed by atoms with E-state index in [1.54, 1.807) is 16.8 Å². The maximum Gasteiger partial charge on any atom is 0.225 e. The third-order valence-corrected chi connectivity index (χ3v) is 6.06. The predicted molar refractivity (Wildman–Crippen MR) is 127 cm³/mol. The molecule has 4 atom stereocenters. The molecule has 3 heterocycles. The van der Waals surface area contributed by atoms with E-state index in [4.69, 9.17) is 24.7 Å². The quantitative estimate of drug-likeness (QED) is 0.423. The number of nitrogens with two attached hydrogens (primary N) is 1. The Morgan fingerprint density at radius 2 is 1.76 bits per heavy atom. The van der Waals surface area contributed by atoms with E-state index in [0.29, 0.717) is 37.8 Å². The van der Waals surface area contributed by atoms with Crippen LogP contribution in [-0.2, 0) is 24.5 Å². The highest BCUT2D eigenvalue weighted by Crippen LogP contribution is 2.43. The van der Waals surface area contributed by atoms with Crippen molar-refractivity contribution in [3.63, 3.8) is 0 Å². The van der Waals surface area contributed by atoms with Crippen molar-refractivity contribution >= 4 is 11.2 Å². The smallest absolute Gasteiger partial charge is 0.225 e. The average Bonchev–Trinajstić information content (AvgIpc) is 3.38. The molecule has 1 aliphatic rings. The Hall–Kier alpha value is -2.18. The van der Waals surface area contributed by atoms with Crippen LogP contribution in [-0.4, -0.2) is 54.4 Å². The number of hydrogen-bond donors (Lipinski definition) is 1. The molecule has 8 heteroatoms. The van der Waals surface area contributed by atoms with Crippen molar-refractivity contribution < 1.29 is 18.9 Å². The van der Waals surface area contributed by atoms with Crippen LogP contribution in [0.4, 0.5) is 5.69 Å². The van der Waals surface area contributed by atoms with E-state index in [-0.39, 0.29) is 0 Å². The number of nitrogens with zero attached hydrogens (tertiary/aromatic N) is 3. The first kappa shape index (κ1) is 25.4. The molecule has 0 spiro atoms. The second kappa shape index (κ2) is 12.3. The highest BCUT2D eigenvalue weighted by Gasteiger charge is 2.59. The van der Waals surface area contributed by atoms with E-state index in [0.717, 1.165) is 44.0 Å². The second-order valence-corrected chi connectivity index (χ2v) is 8.57. The van der Waals surface area contributed by atoms with Gasteiger partial charge < -0.3 is 24.7 Å². The molecule has 1 fully saturated rings. The van der Waals surface area contributed by atoms with Crippen LogP contribution in [0, 0.1) is 11.3 Å². The zero-order valence-electron chi connectivity index (χ0n) is 20.2. The molecule has 0 radical (unpaired) electrons. The van der Waals surface area contributed by atoms with Gasteiger partial charge in [-0.2, -0.15) is 10.4 Å². The molecule has 0 amide bonds. The maximum absolute atomic E-state index is 10.5. The second-order valence-electron chi connectivity index (χ2n) is 8.57. The zero-order valence-corrected chi connectivity index (χ0v) is 20.2. The molecule has 33 heavy (non-hydrogen) atoms. The summed E-state index contributed by atoms with van der Waals surface area (Å²) in [5.74, 6) is 0. The van der Waals surface area contributed by atoms with Crippen LogP contribution < -0.4 is 5.73 Å². The van der Waals surface area contributed by atoms with E-state index in [1.807, 2.05) is 12.1 Å². The summed E-state index contributed by atoms with van der Waals surface area (Å²) in [5, 5.41) is 15.0. The van der Waals surface area contributed by atoms with Crippen molar-refractivity contribution in [1.82, 2.24) is 9.61 Å². The monoisotopic (exact) mass is 458 g/mol. The molecule has 2 N–H and O–H groups in total. The summed E-state index contributed by atoms with van der Waals surface area (Å²) in [6, 6.07) is 7.89. The summed E-state index contributed by atoms with van der Waals surface area (Å²) in [4.78, 5) is 0. The molecule has 1 saturated heterocycles. The fourth-order valence-electron chi connectivity index (χ4n) is 4.17. The SMILES string of the molecule is CCCCOC[C@H]1O[C@@](C#N)(c2ccc3c(N)ccnn23)[C@H](OCCCC)[C@@H]1OCCCC. The van der Waals surface area contributed by atoms with Crippen molar-refractivity contribution in [2.45, 2.75) is 83.2 Å². The lowest BCUT2D eigenvalue weighted by atomic mass is 9.92. The summed E-state index contributed by atoms with van der Waals surface area (Å²) in [5.41, 5.74) is 6.66. The first-order valence-corrected chi connectivity index (χ1v) is 12.3. The van der Waals surface area contributed by atoms with Crippen LogP contribution in [0.3, 0.4) is 0 Å². The Balaban J connectivity index is 2.00. The van der Waals surface area contributed by atoms with Crippen LogP contribution >= 0.6 is 0 Å². The van der Waals surface area contributed by atoms with Gasteiger partial charge in [0.1, 0.15) is 24.4 Å². The molecule has 182 valence electrons. The number of anilines is 1. The van der Waals surface area contributed by atoms with Crippen LogP contribution in [0.2, 0.25) is 0 Å². The number of ether oxygens (including phenoxy) is 4. The van der Waals surface area contributed by atoms with Gasteiger partial charge in [0, 0.05) is 26.0 Å². The molecular formula is C25H38N4O4. The van der Waals surface area contributed by atoms with E-state index in [1.165, 1.54) is 0 Å². The van der Waals surface area contributed by atoms with Crippen molar-refractivity contribution in [2.24, 2.45) is 0 Å². The van der Waals surface area contributed by atoms with Gasteiger partial charge in [-0.25, -0.2) is 4.52 Å². The number of rotatable bonds is 14. The molecule has 2 aromatic rings. The zero-order chi connectivity index (χ0) is 23.7. The number of nitrogen functional groups attached to an aromatic ring is 1. The Morgan fingerprint density at radius 1 is 1.06 bits per heavy atom. The molecule has 0 saturated carbocycles. The topological polar surface area (TPSA) is 104 Å². The van der Waals surface area contributed by atoms with E-state index in [9.17, 15) is 5.26 Å². The lowest BCUT2D eigenvalue weighted by molar-refractivity contribution is -0.0901. The van der Waals surface area contributed by atoms with Crippen molar-refractivity contribution in [1.29, 1.82) is 5.26 Å². The summed E-state index contributed by atoms with van der Waals surface area (Å²) < 4.78 is 26.8. The largest absolute Gasteiger partial charge is 0.397 e. The summed E-state index contributed by atoms with van der Waals surface area (Å²) >= 11 is 0. The Bertz CT molecular complexity index is 911. The molecule has 3 rings (SSSR count). The minimum absolute atomic E-state index is 0.340. The summed E-state index contributed by atoms with van der Waals surface area (Å²) in [6.45, 7) is 8.43. The average molecular weight is 459 g/mol. The number of aromatic nitrogens is 2. The molecule has 8 nitrogen and oxygen atoms in total. The number of hydrogen-bond acceptors (Lipinski definition) is 7. The van der Waals surface area contributed by atoms with E-state index in [2.05, 4.69) is 31.9 Å². The Morgan fingerprint density at radius 3 is 2.45 bits per heavy atom. The number of unbranched alkanes of at least 4 members (excludes halogenated alkanes) is 3. The Kier molecular flexibility index (Phi) is 9.51. The lowest BCUT2D eigenvalue weighted by Gasteiger charge is -2.29. The van der Waals surface area contributed by atoms with Gasteiger partial charge in [-0.15, -0.1) is 0 Å². The van der Waals surface area contributed by atoms with Crippen molar-refractivity contribution in [2.75, 3.05) is 32.2 Å². The molecule has 0 bridgehead atoms. The van der Waals surface area contributed by atoms with Crippen molar-refractivity contribution in [3.05, 3.63) is 30.1 Å². The lowest BCUT2D eigenvalue weighted by Crippen LogP contribution is -2.44. The van der Waals surface area contributed by atoms with Gasteiger partial charge in [0.2, 0.25) is 5.60 Å². The fourth-order valence-corrected chi connectivity index (χ4v) is 4.17. The summed E-state index contributed by atoms with van der Waals surface area (Å²) in [7, 11) is 0. The van der Waals surface area contributed by atoms with Gasteiger partial charge in [-0.3, -0.25) is 0 Å². The fraction of sp³-hybridized carbons (Fsp3) is 0.680. The normalized spacial score (nSPS) is 25.0. The first-order chi connectivity index (χ1) is 16.1. The molecule has 0 aromatic carbocycles. The summed E-state index contributed by atoms with van der Waals surface area (Å²) in [6.07, 6.45) is 5.98. The van der Waals surface area contributed by atoms with Crippen LogP contribution in [0.25, 0.3) is 5.52 Å². The molecule has 0 unspecified atom stereocenters. The highest BCUT2D eigenvalue weighted by atomic mass is 16.6.